The van der Waals surface area contributed by atoms with E-state index in [-0.39, 0.29) is 6.04 Å². The van der Waals surface area contributed by atoms with Gasteiger partial charge in [0.15, 0.2) is 0 Å². The van der Waals surface area contributed by atoms with Gasteiger partial charge in [-0.15, -0.1) is 11.3 Å². The second kappa shape index (κ2) is 6.32. The quantitative estimate of drug-likeness (QED) is 0.826. The van der Waals surface area contributed by atoms with Gasteiger partial charge in [0, 0.05) is 15.9 Å². The Bertz CT molecular complexity index is 521. The molecule has 0 aliphatic carbocycles. The van der Waals surface area contributed by atoms with Crippen LogP contribution in [0.2, 0.25) is 0 Å². The molecule has 0 aromatic carbocycles. The molecule has 6 heteroatoms. The Kier molecular flexibility index (Phi) is 5.00. The molecule has 0 fully saturated rings. The van der Waals surface area contributed by atoms with E-state index in [1.807, 2.05) is 10.9 Å². The minimum absolute atomic E-state index is 0.168. The fourth-order valence-corrected chi connectivity index (χ4v) is 4.14. The first kappa shape index (κ1) is 14.2. The smallest absolute Gasteiger partial charge is 0.0864 e. The molecule has 3 nitrogen and oxygen atoms in total. The van der Waals surface area contributed by atoms with Crippen LogP contribution < -0.4 is 5.32 Å². The van der Waals surface area contributed by atoms with Gasteiger partial charge in [0.2, 0.25) is 0 Å². The summed E-state index contributed by atoms with van der Waals surface area (Å²) in [6.45, 7) is 6.01. The van der Waals surface area contributed by atoms with E-state index in [0.29, 0.717) is 0 Å². The number of hydrogen-bond acceptors (Lipinski definition) is 3. The lowest BCUT2D eigenvalue weighted by Gasteiger charge is -2.19. The molecule has 0 amide bonds. The average Bonchev–Trinajstić information content (AvgIpc) is 2.93. The molecule has 2 heterocycles. The molecule has 0 aliphatic heterocycles. The van der Waals surface area contributed by atoms with Crippen LogP contribution in [-0.2, 0) is 6.54 Å². The number of nitrogens with zero attached hydrogens (tertiary/aromatic N) is 2. The van der Waals surface area contributed by atoms with Gasteiger partial charge in [0.05, 0.1) is 22.4 Å². The summed E-state index contributed by atoms with van der Waals surface area (Å²) >= 11 is 8.98. The van der Waals surface area contributed by atoms with Crippen LogP contribution in [0.3, 0.4) is 0 Å². The van der Waals surface area contributed by atoms with Crippen LogP contribution in [0, 0.1) is 0 Å². The first-order chi connectivity index (χ1) is 8.69. The molecule has 0 saturated carbocycles. The Morgan fingerprint density at radius 3 is 2.72 bits per heavy atom. The minimum Gasteiger partial charge on any atom is -0.305 e. The summed E-state index contributed by atoms with van der Waals surface area (Å²) in [7, 11) is 0. The molecule has 2 rings (SSSR count). The van der Waals surface area contributed by atoms with E-state index in [1.165, 1.54) is 10.6 Å². The highest BCUT2D eigenvalue weighted by Crippen LogP contribution is 2.35. The summed E-state index contributed by atoms with van der Waals surface area (Å²) < 4.78 is 4.23. The number of aromatic nitrogens is 2. The summed E-state index contributed by atoms with van der Waals surface area (Å²) in [5.41, 5.74) is 1.18. The zero-order valence-corrected chi connectivity index (χ0v) is 14.3. The lowest BCUT2D eigenvalue weighted by Crippen LogP contribution is -2.24. The molecule has 0 bridgehead atoms. The molecule has 2 aromatic rings. The molecular weight excluding hydrogens is 378 g/mol. The standard InChI is InChI=1S/C12H15Br2N3S/c1-3-15-10(12-8(13)5-6-18-12)11-9(14)7-16-17(11)4-2/h5-7,10,15H,3-4H2,1-2H3. The first-order valence-corrected chi connectivity index (χ1v) is 8.33. The van der Waals surface area contributed by atoms with Crippen LogP contribution in [-0.4, -0.2) is 16.3 Å². The molecule has 2 aromatic heterocycles. The number of halogens is 2. The Labute approximate surface area is 128 Å². The monoisotopic (exact) mass is 391 g/mol. The highest BCUT2D eigenvalue weighted by Gasteiger charge is 2.23. The molecule has 18 heavy (non-hydrogen) atoms. The van der Waals surface area contributed by atoms with E-state index in [4.69, 9.17) is 0 Å². The maximum Gasteiger partial charge on any atom is 0.0864 e. The summed E-state index contributed by atoms with van der Waals surface area (Å²) in [5.74, 6) is 0. The maximum absolute atomic E-state index is 4.40. The summed E-state index contributed by atoms with van der Waals surface area (Å²) in [5, 5.41) is 10.0. The first-order valence-electron chi connectivity index (χ1n) is 5.86. The van der Waals surface area contributed by atoms with Crippen molar-refractivity contribution in [2.75, 3.05) is 6.54 Å². The van der Waals surface area contributed by atoms with E-state index < -0.39 is 0 Å². The van der Waals surface area contributed by atoms with Crippen LogP contribution in [0.15, 0.2) is 26.6 Å². The largest absolute Gasteiger partial charge is 0.305 e. The predicted octanol–water partition coefficient (Wildman–Crippen LogP) is 4.19. The summed E-state index contributed by atoms with van der Waals surface area (Å²) in [6.07, 6.45) is 1.87. The van der Waals surface area contributed by atoms with Crippen molar-refractivity contribution in [3.8, 4) is 0 Å². The Morgan fingerprint density at radius 1 is 1.39 bits per heavy atom. The molecular formula is C12H15Br2N3S. The van der Waals surface area contributed by atoms with Crippen molar-refractivity contribution in [3.63, 3.8) is 0 Å². The number of aryl methyl sites for hydroxylation is 1. The van der Waals surface area contributed by atoms with Gasteiger partial charge in [-0.05, 0) is 56.8 Å². The fraction of sp³-hybridized carbons (Fsp3) is 0.417. The fourth-order valence-electron chi connectivity index (χ4n) is 1.94. The predicted molar refractivity (Wildman–Crippen MR) is 83.1 cm³/mol. The van der Waals surface area contributed by atoms with Crippen molar-refractivity contribution < 1.29 is 0 Å². The second-order valence-corrected chi connectivity index (χ2v) is 6.47. The average molecular weight is 393 g/mol. The second-order valence-electron chi connectivity index (χ2n) is 3.82. The lowest BCUT2D eigenvalue weighted by atomic mass is 10.1. The van der Waals surface area contributed by atoms with E-state index in [2.05, 4.69) is 67.6 Å². The van der Waals surface area contributed by atoms with Crippen LogP contribution in [0.5, 0.6) is 0 Å². The maximum atomic E-state index is 4.40. The number of thiophene rings is 1. The van der Waals surface area contributed by atoms with E-state index in [0.717, 1.165) is 22.0 Å². The van der Waals surface area contributed by atoms with Crippen LogP contribution in [0.25, 0.3) is 0 Å². The highest BCUT2D eigenvalue weighted by molar-refractivity contribution is 9.10. The van der Waals surface area contributed by atoms with Crippen molar-refractivity contribution in [2.45, 2.75) is 26.4 Å². The Morgan fingerprint density at radius 2 is 2.17 bits per heavy atom. The Hall–Kier alpha value is -0.170. The molecule has 0 radical (unpaired) electrons. The summed E-state index contributed by atoms with van der Waals surface area (Å²) in [6, 6.07) is 2.26. The SMILES string of the molecule is CCNC(c1sccc1Br)c1c(Br)cnn1CC. The highest BCUT2D eigenvalue weighted by atomic mass is 79.9. The molecule has 0 aliphatic rings. The lowest BCUT2D eigenvalue weighted by molar-refractivity contribution is 0.544. The van der Waals surface area contributed by atoms with Gasteiger partial charge in [0.25, 0.3) is 0 Å². The zero-order valence-electron chi connectivity index (χ0n) is 10.3. The molecule has 0 spiro atoms. The van der Waals surface area contributed by atoms with Crippen molar-refractivity contribution in [2.24, 2.45) is 0 Å². The number of nitrogens with one attached hydrogen (secondary N) is 1. The number of rotatable bonds is 5. The van der Waals surface area contributed by atoms with Crippen LogP contribution in [0.4, 0.5) is 0 Å². The van der Waals surface area contributed by atoms with Gasteiger partial charge >= 0.3 is 0 Å². The molecule has 1 atom stereocenters. The van der Waals surface area contributed by atoms with Crippen LogP contribution >= 0.6 is 43.2 Å². The zero-order chi connectivity index (χ0) is 13.1. The topological polar surface area (TPSA) is 29.9 Å². The minimum atomic E-state index is 0.168. The molecule has 98 valence electrons. The third-order valence-corrected chi connectivity index (χ3v) is 5.27. The van der Waals surface area contributed by atoms with E-state index in [9.17, 15) is 0 Å². The number of hydrogen-bond donors (Lipinski definition) is 1. The van der Waals surface area contributed by atoms with Gasteiger partial charge in [0.1, 0.15) is 0 Å². The van der Waals surface area contributed by atoms with E-state index in [1.54, 1.807) is 11.3 Å². The van der Waals surface area contributed by atoms with Gasteiger partial charge in [-0.2, -0.15) is 5.10 Å². The van der Waals surface area contributed by atoms with Gasteiger partial charge in [-0.3, -0.25) is 4.68 Å². The Balaban J connectivity index is 2.47. The molecule has 0 saturated heterocycles. The van der Waals surface area contributed by atoms with Gasteiger partial charge in [-0.1, -0.05) is 6.92 Å². The normalized spacial score (nSPS) is 12.9. The van der Waals surface area contributed by atoms with Gasteiger partial charge < -0.3 is 5.32 Å². The van der Waals surface area contributed by atoms with Crippen molar-refractivity contribution in [3.05, 3.63) is 37.2 Å². The van der Waals surface area contributed by atoms with Crippen LogP contribution in [0.1, 0.15) is 30.5 Å². The summed E-state index contributed by atoms with van der Waals surface area (Å²) in [4.78, 5) is 1.28. The molecule has 1 N–H and O–H groups in total. The van der Waals surface area contributed by atoms with Gasteiger partial charge in [-0.25, -0.2) is 0 Å². The van der Waals surface area contributed by atoms with Crippen molar-refractivity contribution in [1.29, 1.82) is 0 Å². The molecule has 1 unspecified atom stereocenters. The van der Waals surface area contributed by atoms with E-state index >= 15 is 0 Å². The van der Waals surface area contributed by atoms with Crippen molar-refractivity contribution in [1.82, 2.24) is 15.1 Å². The van der Waals surface area contributed by atoms with Crippen molar-refractivity contribution >= 4 is 43.2 Å². The third kappa shape index (κ3) is 2.71. The third-order valence-electron chi connectivity index (χ3n) is 2.72.